The maximum Gasteiger partial charge on any atom is 0.159 e. The molecule has 0 radical (unpaired) electrons. The molecule has 2 aromatic carbocycles. The molecule has 2 aromatic rings. The van der Waals surface area contributed by atoms with E-state index in [-0.39, 0.29) is 6.04 Å². The first kappa shape index (κ1) is 16.1. The number of benzene rings is 2. The summed E-state index contributed by atoms with van der Waals surface area (Å²) in [5.74, 6) is -1.64. The first-order valence-corrected chi connectivity index (χ1v) is 7.77. The van der Waals surface area contributed by atoms with Gasteiger partial charge >= 0.3 is 0 Å². The van der Waals surface area contributed by atoms with Gasteiger partial charge in [0.25, 0.3) is 0 Å². The van der Waals surface area contributed by atoms with Gasteiger partial charge in [0, 0.05) is 4.47 Å². The highest BCUT2D eigenvalue weighted by molar-refractivity contribution is 9.10. The third kappa shape index (κ3) is 3.69. The van der Waals surface area contributed by atoms with Gasteiger partial charge in [0.15, 0.2) is 11.6 Å². The van der Waals surface area contributed by atoms with Gasteiger partial charge in [-0.3, -0.25) is 0 Å². The van der Waals surface area contributed by atoms with Crippen LogP contribution < -0.4 is 5.32 Å². The molecule has 0 fully saturated rings. The predicted molar refractivity (Wildman–Crippen MR) is 85.4 cm³/mol. The molecule has 0 aliphatic heterocycles. The molecule has 0 aliphatic carbocycles. The van der Waals surface area contributed by atoms with Gasteiger partial charge in [-0.2, -0.15) is 0 Å². The lowest BCUT2D eigenvalue weighted by atomic mass is 9.94. The van der Waals surface area contributed by atoms with Gasteiger partial charge in [-0.25, -0.2) is 8.78 Å². The molecule has 4 heteroatoms. The second-order valence-corrected chi connectivity index (χ2v) is 5.87. The summed E-state index contributed by atoms with van der Waals surface area (Å²) in [5.41, 5.74) is 2.88. The molecule has 0 heterocycles. The standard InChI is InChI=1S/C17H18BrF2N/c1-3-9-21-17(12-7-8-15(19)16(20)10-12)13-5-4-6-14(18)11(13)2/h4-8,10,17,21H,3,9H2,1-2H3. The lowest BCUT2D eigenvalue weighted by molar-refractivity contribution is 0.503. The summed E-state index contributed by atoms with van der Waals surface area (Å²) in [6.45, 7) is 4.89. The molecule has 1 N–H and O–H groups in total. The van der Waals surface area contributed by atoms with Crippen LogP contribution in [0.3, 0.4) is 0 Å². The lowest BCUT2D eigenvalue weighted by Crippen LogP contribution is -2.24. The molecule has 21 heavy (non-hydrogen) atoms. The average molecular weight is 354 g/mol. The maximum absolute atomic E-state index is 13.5. The van der Waals surface area contributed by atoms with Gasteiger partial charge in [-0.1, -0.05) is 41.1 Å². The Morgan fingerprint density at radius 1 is 1.14 bits per heavy atom. The number of rotatable bonds is 5. The van der Waals surface area contributed by atoms with E-state index in [2.05, 4.69) is 28.2 Å². The molecular weight excluding hydrogens is 336 g/mol. The summed E-state index contributed by atoms with van der Waals surface area (Å²) in [4.78, 5) is 0. The second-order valence-electron chi connectivity index (χ2n) is 5.01. The molecule has 0 aromatic heterocycles. The zero-order valence-corrected chi connectivity index (χ0v) is 13.7. The Morgan fingerprint density at radius 3 is 2.57 bits per heavy atom. The minimum absolute atomic E-state index is 0.155. The van der Waals surface area contributed by atoms with Crippen LogP contribution in [0.4, 0.5) is 8.78 Å². The highest BCUT2D eigenvalue weighted by atomic mass is 79.9. The van der Waals surface area contributed by atoms with E-state index in [0.717, 1.165) is 34.1 Å². The summed E-state index contributed by atoms with van der Waals surface area (Å²) in [6.07, 6.45) is 0.966. The molecule has 0 bridgehead atoms. The van der Waals surface area contributed by atoms with Crippen molar-refractivity contribution >= 4 is 15.9 Å². The van der Waals surface area contributed by atoms with E-state index in [0.29, 0.717) is 0 Å². The molecule has 0 amide bonds. The van der Waals surface area contributed by atoms with Gasteiger partial charge < -0.3 is 5.32 Å². The fraction of sp³-hybridized carbons (Fsp3) is 0.294. The Bertz CT molecular complexity index is 628. The van der Waals surface area contributed by atoms with E-state index in [9.17, 15) is 8.78 Å². The summed E-state index contributed by atoms with van der Waals surface area (Å²) >= 11 is 3.52. The van der Waals surface area contributed by atoms with E-state index in [1.807, 2.05) is 25.1 Å². The van der Waals surface area contributed by atoms with Crippen molar-refractivity contribution in [3.05, 3.63) is 69.2 Å². The molecule has 1 atom stereocenters. The predicted octanol–water partition coefficient (Wildman–Crippen LogP) is 5.12. The summed E-state index contributed by atoms with van der Waals surface area (Å²) < 4.78 is 27.7. The molecule has 112 valence electrons. The number of halogens is 3. The topological polar surface area (TPSA) is 12.0 Å². The first-order valence-electron chi connectivity index (χ1n) is 6.98. The molecule has 0 saturated carbocycles. The number of hydrogen-bond donors (Lipinski definition) is 1. The molecule has 0 aliphatic rings. The molecular formula is C17H18BrF2N. The van der Waals surface area contributed by atoms with E-state index >= 15 is 0 Å². The fourth-order valence-electron chi connectivity index (χ4n) is 2.32. The van der Waals surface area contributed by atoms with Crippen molar-refractivity contribution in [1.82, 2.24) is 5.32 Å². The maximum atomic E-state index is 13.5. The molecule has 1 nitrogen and oxygen atoms in total. The smallest absolute Gasteiger partial charge is 0.159 e. The van der Waals surface area contributed by atoms with Crippen molar-refractivity contribution < 1.29 is 8.78 Å². The monoisotopic (exact) mass is 353 g/mol. The zero-order valence-electron chi connectivity index (χ0n) is 12.1. The average Bonchev–Trinajstić information content (AvgIpc) is 2.47. The Balaban J connectivity index is 2.47. The highest BCUT2D eigenvalue weighted by Crippen LogP contribution is 2.29. The van der Waals surface area contributed by atoms with Crippen molar-refractivity contribution in [2.45, 2.75) is 26.3 Å². The van der Waals surface area contributed by atoms with Crippen molar-refractivity contribution in [3.63, 3.8) is 0 Å². The Morgan fingerprint density at radius 2 is 1.90 bits per heavy atom. The van der Waals surface area contributed by atoms with Crippen molar-refractivity contribution in [3.8, 4) is 0 Å². The van der Waals surface area contributed by atoms with E-state index in [1.165, 1.54) is 12.1 Å². The van der Waals surface area contributed by atoms with Crippen LogP contribution in [-0.4, -0.2) is 6.54 Å². The molecule has 0 spiro atoms. The fourth-order valence-corrected chi connectivity index (χ4v) is 2.71. The molecule has 0 saturated heterocycles. The van der Waals surface area contributed by atoms with Gasteiger partial charge in [0.05, 0.1) is 6.04 Å². The molecule has 2 rings (SSSR count). The van der Waals surface area contributed by atoms with E-state index in [4.69, 9.17) is 0 Å². The third-order valence-electron chi connectivity index (χ3n) is 3.50. The van der Waals surface area contributed by atoms with Crippen LogP contribution in [0.15, 0.2) is 40.9 Å². The Hall–Kier alpha value is -1.26. The summed E-state index contributed by atoms with van der Waals surface area (Å²) in [5, 5.41) is 3.41. The van der Waals surface area contributed by atoms with Crippen LogP contribution in [0.1, 0.15) is 36.1 Å². The summed E-state index contributed by atoms with van der Waals surface area (Å²) in [6, 6.07) is 9.86. The largest absolute Gasteiger partial charge is 0.306 e. The first-order chi connectivity index (χ1) is 10.0. The van der Waals surface area contributed by atoms with Crippen LogP contribution in [0.5, 0.6) is 0 Å². The minimum Gasteiger partial charge on any atom is -0.306 e. The Kier molecular flexibility index (Phi) is 5.48. The van der Waals surface area contributed by atoms with Crippen LogP contribution in [0.2, 0.25) is 0 Å². The van der Waals surface area contributed by atoms with Gasteiger partial charge in [-0.05, 0) is 54.8 Å². The van der Waals surface area contributed by atoms with Crippen LogP contribution >= 0.6 is 15.9 Å². The van der Waals surface area contributed by atoms with Crippen LogP contribution in [0.25, 0.3) is 0 Å². The summed E-state index contributed by atoms with van der Waals surface area (Å²) in [7, 11) is 0. The van der Waals surface area contributed by atoms with Gasteiger partial charge in [0.1, 0.15) is 0 Å². The number of hydrogen-bond acceptors (Lipinski definition) is 1. The number of nitrogens with one attached hydrogen (secondary N) is 1. The van der Waals surface area contributed by atoms with Crippen molar-refractivity contribution in [2.75, 3.05) is 6.54 Å². The van der Waals surface area contributed by atoms with E-state index in [1.54, 1.807) is 6.07 Å². The minimum atomic E-state index is -0.820. The van der Waals surface area contributed by atoms with Crippen molar-refractivity contribution in [1.29, 1.82) is 0 Å². The zero-order chi connectivity index (χ0) is 15.4. The quantitative estimate of drug-likeness (QED) is 0.785. The second kappa shape index (κ2) is 7.14. The van der Waals surface area contributed by atoms with Gasteiger partial charge in [-0.15, -0.1) is 0 Å². The van der Waals surface area contributed by atoms with E-state index < -0.39 is 11.6 Å². The van der Waals surface area contributed by atoms with Crippen LogP contribution in [-0.2, 0) is 0 Å². The lowest BCUT2D eigenvalue weighted by Gasteiger charge is -2.22. The SMILES string of the molecule is CCCNC(c1ccc(F)c(F)c1)c1cccc(Br)c1C. The highest BCUT2D eigenvalue weighted by Gasteiger charge is 2.18. The van der Waals surface area contributed by atoms with Crippen molar-refractivity contribution in [2.24, 2.45) is 0 Å². The van der Waals surface area contributed by atoms with Gasteiger partial charge in [0.2, 0.25) is 0 Å². The van der Waals surface area contributed by atoms with Crippen LogP contribution in [0, 0.1) is 18.6 Å². The normalized spacial score (nSPS) is 12.4. The Labute approximate surface area is 132 Å². The third-order valence-corrected chi connectivity index (χ3v) is 4.36. The molecule has 1 unspecified atom stereocenters.